The molecule has 2 atom stereocenters. The van der Waals surface area contributed by atoms with Crippen LogP contribution in [0.4, 0.5) is 4.79 Å². The molecule has 4 rings (SSSR count). The minimum atomic E-state index is -0.856. The number of rotatable bonds is 3. The van der Waals surface area contributed by atoms with Crippen molar-refractivity contribution in [3.05, 3.63) is 59.7 Å². The Morgan fingerprint density at radius 2 is 1.65 bits per heavy atom. The van der Waals surface area contributed by atoms with Crippen molar-refractivity contribution in [1.29, 1.82) is 0 Å². The maximum absolute atomic E-state index is 12.5. The molecule has 1 aliphatic heterocycles. The number of carbonyl (C=O) groups excluding carboxylic acids is 1. The number of ether oxygens (including phenoxy) is 1. The van der Waals surface area contributed by atoms with Gasteiger partial charge in [0, 0.05) is 18.5 Å². The minimum absolute atomic E-state index is 0.0135. The van der Waals surface area contributed by atoms with Gasteiger partial charge in [0.2, 0.25) is 0 Å². The van der Waals surface area contributed by atoms with Crippen LogP contribution < -0.4 is 0 Å². The maximum atomic E-state index is 12.5. The Labute approximate surface area is 152 Å². The molecule has 0 bridgehead atoms. The molecule has 1 heterocycles. The summed E-state index contributed by atoms with van der Waals surface area (Å²) < 4.78 is 5.62. The van der Waals surface area contributed by atoms with Crippen molar-refractivity contribution in [2.24, 2.45) is 5.92 Å². The summed E-state index contributed by atoms with van der Waals surface area (Å²) in [6.07, 6.45) is 0.0441. The van der Waals surface area contributed by atoms with Crippen molar-refractivity contribution in [3.8, 4) is 11.1 Å². The van der Waals surface area contributed by atoms with Crippen LogP contribution in [0.5, 0.6) is 0 Å². The summed E-state index contributed by atoms with van der Waals surface area (Å²) in [5.41, 5.74) is 4.70. The minimum Gasteiger partial charge on any atom is -0.481 e. The van der Waals surface area contributed by atoms with Crippen molar-refractivity contribution in [3.63, 3.8) is 0 Å². The molecule has 0 spiro atoms. The Morgan fingerprint density at radius 1 is 1.08 bits per heavy atom. The number of hydrogen-bond acceptors (Lipinski definition) is 3. The number of hydrogen-bond donors (Lipinski definition) is 1. The summed E-state index contributed by atoms with van der Waals surface area (Å²) in [6.45, 7) is 2.34. The Balaban J connectivity index is 1.50. The fourth-order valence-corrected chi connectivity index (χ4v) is 4.14. The second kappa shape index (κ2) is 6.48. The Kier molecular flexibility index (Phi) is 4.15. The van der Waals surface area contributed by atoms with Crippen LogP contribution in [0.15, 0.2) is 48.5 Å². The zero-order chi connectivity index (χ0) is 18.3. The first-order valence-corrected chi connectivity index (χ1v) is 8.90. The number of carbonyl (C=O) groups is 2. The first-order valence-electron chi connectivity index (χ1n) is 8.90. The highest BCUT2D eigenvalue weighted by atomic mass is 16.6. The number of carboxylic acid groups (broad SMARTS) is 1. The van der Waals surface area contributed by atoms with Crippen LogP contribution in [0, 0.1) is 5.92 Å². The number of amides is 1. The molecule has 26 heavy (non-hydrogen) atoms. The van der Waals surface area contributed by atoms with Crippen LogP contribution in [0.3, 0.4) is 0 Å². The fourth-order valence-electron chi connectivity index (χ4n) is 4.14. The molecule has 1 amide bonds. The highest BCUT2D eigenvalue weighted by Gasteiger charge is 2.38. The molecule has 2 aromatic rings. The number of likely N-dealkylation sites (tertiary alicyclic amines) is 1. The standard InChI is InChI=1S/C21H21NO4/c1-13-10-14(20(23)24)11-22(13)21(25)26-12-19-17-8-4-2-6-15(17)16-7-3-5-9-18(16)19/h2-9,13-14,19H,10-12H2,1H3,(H,23,24)/t13-,14-/m1/s1. The zero-order valence-corrected chi connectivity index (χ0v) is 14.6. The molecule has 2 aromatic carbocycles. The van der Waals surface area contributed by atoms with Crippen LogP contribution in [-0.4, -0.2) is 41.3 Å². The summed E-state index contributed by atoms with van der Waals surface area (Å²) in [5.74, 6) is -1.35. The summed E-state index contributed by atoms with van der Waals surface area (Å²) in [7, 11) is 0. The summed E-state index contributed by atoms with van der Waals surface area (Å²) in [4.78, 5) is 25.2. The molecule has 1 fully saturated rings. The lowest BCUT2D eigenvalue weighted by Gasteiger charge is -2.22. The van der Waals surface area contributed by atoms with Crippen LogP contribution in [-0.2, 0) is 9.53 Å². The first kappa shape index (κ1) is 16.6. The fraction of sp³-hybridized carbons (Fsp3) is 0.333. The van der Waals surface area contributed by atoms with Crippen molar-refractivity contribution in [2.45, 2.75) is 25.3 Å². The summed E-state index contributed by atoms with van der Waals surface area (Å²) >= 11 is 0. The quantitative estimate of drug-likeness (QED) is 0.915. The van der Waals surface area contributed by atoms with Gasteiger partial charge in [0.15, 0.2) is 0 Å². The largest absolute Gasteiger partial charge is 0.481 e. The molecule has 1 saturated heterocycles. The van der Waals surface area contributed by atoms with Gasteiger partial charge in [-0.25, -0.2) is 4.79 Å². The van der Waals surface area contributed by atoms with Crippen LogP contribution >= 0.6 is 0 Å². The molecule has 134 valence electrons. The number of nitrogens with zero attached hydrogens (tertiary/aromatic N) is 1. The van der Waals surface area contributed by atoms with Gasteiger partial charge in [-0.15, -0.1) is 0 Å². The average molecular weight is 351 g/mol. The Morgan fingerprint density at radius 3 is 2.19 bits per heavy atom. The van der Waals surface area contributed by atoms with E-state index in [-0.39, 0.29) is 25.1 Å². The molecule has 0 radical (unpaired) electrons. The lowest BCUT2D eigenvalue weighted by Crippen LogP contribution is -2.35. The van der Waals surface area contributed by atoms with Gasteiger partial charge in [0.25, 0.3) is 0 Å². The predicted molar refractivity (Wildman–Crippen MR) is 97.0 cm³/mol. The summed E-state index contributed by atoms with van der Waals surface area (Å²) in [6, 6.07) is 16.3. The highest BCUT2D eigenvalue weighted by Crippen LogP contribution is 2.44. The van der Waals surface area contributed by atoms with Crippen molar-refractivity contribution < 1.29 is 19.4 Å². The Hall–Kier alpha value is -2.82. The van der Waals surface area contributed by atoms with E-state index in [1.54, 1.807) is 0 Å². The first-order chi connectivity index (χ1) is 12.6. The second-order valence-electron chi connectivity index (χ2n) is 7.08. The third-order valence-corrected chi connectivity index (χ3v) is 5.49. The summed E-state index contributed by atoms with van der Waals surface area (Å²) in [5, 5.41) is 9.17. The van der Waals surface area contributed by atoms with Crippen molar-refractivity contribution >= 4 is 12.1 Å². The monoisotopic (exact) mass is 351 g/mol. The van der Waals surface area contributed by atoms with E-state index < -0.39 is 18.0 Å². The highest BCUT2D eigenvalue weighted by molar-refractivity contribution is 5.79. The molecule has 1 aliphatic carbocycles. The molecule has 2 aliphatic rings. The molecule has 5 nitrogen and oxygen atoms in total. The van der Waals surface area contributed by atoms with Crippen LogP contribution in [0.2, 0.25) is 0 Å². The van der Waals surface area contributed by atoms with Gasteiger partial charge < -0.3 is 14.7 Å². The van der Waals surface area contributed by atoms with E-state index in [0.717, 1.165) is 0 Å². The normalized spacial score (nSPS) is 21.3. The van der Waals surface area contributed by atoms with Crippen molar-refractivity contribution in [2.75, 3.05) is 13.2 Å². The van der Waals surface area contributed by atoms with E-state index in [2.05, 4.69) is 24.3 Å². The van der Waals surface area contributed by atoms with Gasteiger partial charge in [0.05, 0.1) is 5.92 Å². The van der Waals surface area contributed by atoms with E-state index in [1.807, 2.05) is 31.2 Å². The van der Waals surface area contributed by atoms with Gasteiger partial charge in [-0.05, 0) is 35.6 Å². The van der Waals surface area contributed by atoms with Gasteiger partial charge in [0.1, 0.15) is 6.61 Å². The Bertz CT molecular complexity index is 817. The number of fused-ring (bicyclic) bond motifs is 3. The van der Waals surface area contributed by atoms with Gasteiger partial charge in [-0.3, -0.25) is 4.79 Å². The van der Waals surface area contributed by atoms with Gasteiger partial charge in [-0.2, -0.15) is 0 Å². The van der Waals surface area contributed by atoms with E-state index in [1.165, 1.54) is 27.2 Å². The lowest BCUT2D eigenvalue weighted by atomic mass is 9.98. The molecule has 0 saturated carbocycles. The topological polar surface area (TPSA) is 66.8 Å². The SMILES string of the molecule is C[C@@H]1C[C@@H](C(=O)O)CN1C(=O)OCC1c2ccccc2-c2ccccc21. The molecule has 0 aromatic heterocycles. The predicted octanol–water partition coefficient (Wildman–Crippen LogP) is 3.73. The number of carboxylic acids is 1. The van der Waals surface area contributed by atoms with Crippen LogP contribution in [0.1, 0.15) is 30.4 Å². The van der Waals surface area contributed by atoms with Crippen LogP contribution in [0.25, 0.3) is 11.1 Å². The third kappa shape index (κ3) is 2.73. The smallest absolute Gasteiger partial charge is 0.410 e. The molecular formula is C21H21NO4. The van der Waals surface area contributed by atoms with Crippen molar-refractivity contribution in [1.82, 2.24) is 4.90 Å². The number of aliphatic carboxylic acids is 1. The molecule has 0 unspecified atom stereocenters. The maximum Gasteiger partial charge on any atom is 0.410 e. The average Bonchev–Trinajstić information content (AvgIpc) is 3.19. The third-order valence-electron chi connectivity index (χ3n) is 5.49. The van der Waals surface area contributed by atoms with Gasteiger partial charge >= 0.3 is 12.1 Å². The molecule has 1 N–H and O–H groups in total. The lowest BCUT2D eigenvalue weighted by molar-refractivity contribution is -0.141. The number of benzene rings is 2. The molecular weight excluding hydrogens is 330 g/mol. The molecule has 5 heteroatoms. The van der Waals surface area contributed by atoms with E-state index in [0.29, 0.717) is 6.42 Å². The van der Waals surface area contributed by atoms with Gasteiger partial charge in [-0.1, -0.05) is 48.5 Å². The van der Waals surface area contributed by atoms with E-state index >= 15 is 0 Å². The zero-order valence-electron chi connectivity index (χ0n) is 14.6. The van der Waals surface area contributed by atoms with E-state index in [9.17, 15) is 14.7 Å². The van der Waals surface area contributed by atoms with E-state index in [4.69, 9.17) is 4.74 Å². The second-order valence-corrected chi connectivity index (χ2v) is 7.08.